The molecule has 0 unspecified atom stereocenters. The first-order chi connectivity index (χ1) is 15.8. The van der Waals surface area contributed by atoms with Crippen LogP contribution in [-0.2, 0) is 19.1 Å². The maximum absolute atomic E-state index is 11.8. The predicted molar refractivity (Wildman–Crippen MR) is 130 cm³/mol. The van der Waals surface area contributed by atoms with Crippen LogP contribution >= 0.6 is 0 Å². The van der Waals surface area contributed by atoms with Gasteiger partial charge in [-0.2, -0.15) is 0 Å². The van der Waals surface area contributed by atoms with Gasteiger partial charge >= 0.3 is 20.5 Å². The van der Waals surface area contributed by atoms with Crippen LogP contribution in [0.2, 0.25) is 12.1 Å². The summed E-state index contributed by atoms with van der Waals surface area (Å²) in [4.78, 5) is 23.5. The summed E-state index contributed by atoms with van der Waals surface area (Å²) >= 11 is 0. The summed E-state index contributed by atoms with van der Waals surface area (Å²) in [6, 6.07) is 20.2. The zero-order valence-electron chi connectivity index (χ0n) is 19.4. The molecule has 0 bridgehead atoms. The molecule has 2 aromatic rings. The minimum atomic E-state index is -2.90. The molecule has 0 aliphatic heterocycles. The Bertz CT molecular complexity index is 849. The normalized spacial score (nSPS) is 10.7. The first-order valence-corrected chi connectivity index (χ1v) is 13.2. The van der Waals surface area contributed by atoms with E-state index in [9.17, 15) is 9.59 Å². The van der Waals surface area contributed by atoms with Crippen molar-refractivity contribution in [3.05, 3.63) is 85.0 Å². The number of rotatable bonds is 14. The number of hydrogen-bond acceptors (Lipinski definition) is 6. The maximum atomic E-state index is 11.8. The van der Waals surface area contributed by atoms with E-state index in [1.165, 1.54) is 0 Å². The van der Waals surface area contributed by atoms with Crippen molar-refractivity contribution in [1.29, 1.82) is 0 Å². The quantitative estimate of drug-likeness (QED) is 0.155. The standard InChI is InChI=1S/C26H32O6Si/c1-21(2)25(27)29-17-11-19-33(31-23-13-7-5-8-14-23,32-24-15-9-6-10-16-24)20-12-18-30-26(28)22(3)4/h5-10,13-16H,1,3,11-12,17-20H2,2,4H3. The Morgan fingerprint density at radius 2 is 1.06 bits per heavy atom. The molecular formula is C26H32O6Si. The van der Waals surface area contributed by atoms with Crippen molar-refractivity contribution in [2.75, 3.05) is 13.2 Å². The predicted octanol–water partition coefficient (Wildman–Crippen LogP) is 5.61. The van der Waals surface area contributed by atoms with Crippen molar-refractivity contribution < 1.29 is 27.9 Å². The van der Waals surface area contributed by atoms with Gasteiger partial charge in [-0.3, -0.25) is 0 Å². The molecule has 33 heavy (non-hydrogen) atoms. The van der Waals surface area contributed by atoms with Crippen molar-refractivity contribution in [3.63, 3.8) is 0 Å². The number of carbonyl (C=O) groups excluding carboxylic acids is 2. The fourth-order valence-corrected chi connectivity index (χ4v) is 6.21. The first-order valence-electron chi connectivity index (χ1n) is 10.9. The summed E-state index contributed by atoms with van der Waals surface area (Å²) < 4.78 is 23.6. The molecule has 0 radical (unpaired) electrons. The van der Waals surface area contributed by atoms with E-state index in [1.807, 2.05) is 60.7 Å². The van der Waals surface area contributed by atoms with Crippen molar-refractivity contribution >= 4 is 20.5 Å². The van der Waals surface area contributed by atoms with Gasteiger partial charge in [-0.15, -0.1) is 0 Å². The lowest BCUT2D eigenvalue weighted by atomic mass is 10.3. The Morgan fingerprint density at radius 1 is 0.697 bits per heavy atom. The average Bonchev–Trinajstić information content (AvgIpc) is 2.80. The van der Waals surface area contributed by atoms with Crippen LogP contribution in [0.3, 0.4) is 0 Å². The number of hydrogen-bond donors (Lipinski definition) is 0. The Labute approximate surface area is 197 Å². The molecule has 7 heteroatoms. The Morgan fingerprint density at radius 3 is 1.39 bits per heavy atom. The van der Waals surface area contributed by atoms with Gasteiger partial charge in [0.25, 0.3) is 0 Å². The molecule has 176 valence electrons. The van der Waals surface area contributed by atoms with Gasteiger partial charge in [0.2, 0.25) is 0 Å². The minimum absolute atomic E-state index is 0.237. The lowest BCUT2D eigenvalue weighted by Gasteiger charge is -2.32. The number of benzene rings is 2. The molecule has 0 saturated carbocycles. The summed E-state index contributed by atoms with van der Waals surface area (Å²) in [7, 11) is -2.90. The van der Waals surface area contributed by atoms with Gasteiger partial charge in [0.15, 0.2) is 0 Å². The Balaban J connectivity index is 2.18. The summed E-state index contributed by atoms with van der Waals surface area (Å²) in [6.07, 6.45) is 1.13. The molecule has 0 fully saturated rings. The molecule has 0 spiro atoms. The highest BCUT2D eigenvalue weighted by Crippen LogP contribution is 2.28. The molecule has 0 atom stereocenters. The average molecular weight is 469 g/mol. The second kappa shape index (κ2) is 13.3. The zero-order valence-corrected chi connectivity index (χ0v) is 20.4. The first kappa shape index (κ1) is 25.9. The Kier molecular flexibility index (Phi) is 10.4. The SMILES string of the molecule is C=C(C)C(=O)OCCC[Si](CCCOC(=O)C(=C)C)(Oc1ccccc1)Oc1ccccc1. The lowest BCUT2D eigenvalue weighted by molar-refractivity contribution is -0.139. The van der Waals surface area contributed by atoms with Crippen LogP contribution in [-0.4, -0.2) is 33.7 Å². The molecule has 0 aliphatic carbocycles. The highest BCUT2D eigenvalue weighted by molar-refractivity contribution is 6.69. The van der Waals surface area contributed by atoms with E-state index in [0.717, 1.165) is 0 Å². The number of para-hydroxylation sites is 2. The van der Waals surface area contributed by atoms with Gasteiger partial charge < -0.3 is 18.3 Å². The third kappa shape index (κ3) is 9.37. The Hall–Kier alpha value is -3.32. The summed E-state index contributed by atoms with van der Waals surface area (Å²) in [6.45, 7) is 10.9. The molecule has 2 aromatic carbocycles. The van der Waals surface area contributed by atoms with Crippen LogP contribution in [0, 0.1) is 0 Å². The third-order valence-electron chi connectivity index (χ3n) is 4.66. The fourth-order valence-electron chi connectivity index (χ4n) is 3.02. The van der Waals surface area contributed by atoms with Crippen LogP contribution in [0.5, 0.6) is 11.5 Å². The van der Waals surface area contributed by atoms with E-state index in [1.54, 1.807) is 13.8 Å². The molecule has 0 saturated heterocycles. The summed E-state index contributed by atoms with van der Waals surface area (Å²) in [5, 5.41) is 0. The molecule has 0 amide bonds. The van der Waals surface area contributed by atoms with Crippen LogP contribution in [0.25, 0.3) is 0 Å². The second-order valence-corrected chi connectivity index (χ2v) is 11.0. The number of esters is 2. The molecule has 6 nitrogen and oxygen atoms in total. The summed E-state index contributed by atoms with van der Waals surface area (Å²) in [5.74, 6) is 0.583. The van der Waals surface area contributed by atoms with Gasteiger partial charge in [0, 0.05) is 23.2 Å². The van der Waals surface area contributed by atoms with E-state index in [-0.39, 0.29) is 13.2 Å². The van der Waals surface area contributed by atoms with E-state index in [4.69, 9.17) is 18.3 Å². The van der Waals surface area contributed by atoms with Crippen LogP contribution in [0.1, 0.15) is 26.7 Å². The topological polar surface area (TPSA) is 71.1 Å². The molecule has 0 N–H and O–H groups in total. The second-order valence-electron chi connectivity index (χ2n) is 7.78. The van der Waals surface area contributed by atoms with Gasteiger partial charge in [-0.25, -0.2) is 9.59 Å². The smallest absolute Gasteiger partial charge is 0.460 e. The van der Waals surface area contributed by atoms with Crippen molar-refractivity contribution in [3.8, 4) is 11.5 Å². The largest absolute Gasteiger partial charge is 0.512 e. The maximum Gasteiger partial charge on any atom is 0.460 e. The molecule has 0 aromatic heterocycles. The van der Waals surface area contributed by atoms with E-state index in [0.29, 0.717) is 47.6 Å². The van der Waals surface area contributed by atoms with Crippen LogP contribution < -0.4 is 8.85 Å². The molecular weight excluding hydrogens is 436 g/mol. The van der Waals surface area contributed by atoms with Gasteiger partial charge in [-0.1, -0.05) is 49.6 Å². The van der Waals surface area contributed by atoms with Crippen LogP contribution in [0.15, 0.2) is 85.0 Å². The molecule has 0 aliphatic rings. The highest BCUT2D eigenvalue weighted by Gasteiger charge is 2.41. The fraction of sp³-hybridized carbons (Fsp3) is 0.308. The van der Waals surface area contributed by atoms with E-state index >= 15 is 0 Å². The van der Waals surface area contributed by atoms with Gasteiger partial charge in [0.05, 0.1) is 13.2 Å². The highest BCUT2D eigenvalue weighted by atomic mass is 28.4. The number of carbonyl (C=O) groups is 2. The lowest BCUT2D eigenvalue weighted by Crippen LogP contribution is -2.49. The third-order valence-corrected chi connectivity index (χ3v) is 8.11. The van der Waals surface area contributed by atoms with Gasteiger partial charge in [-0.05, 0) is 51.0 Å². The number of ether oxygens (including phenoxy) is 2. The minimum Gasteiger partial charge on any atom is -0.512 e. The molecule has 0 heterocycles. The monoisotopic (exact) mass is 468 g/mol. The van der Waals surface area contributed by atoms with E-state index < -0.39 is 20.5 Å². The van der Waals surface area contributed by atoms with Crippen molar-refractivity contribution in [2.45, 2.75) is 38.8 Å². The van der Waals surface area contributed by atoms with E-state index in [2.05, 4.69) is 13.2 Å². The van der Waals surface area contributed by atoms with Crippen molar-refractivity contribution in [1.82, 2.24) is 0 Å². The zero-order chi connectivity index (χ0) is 24.1. The summed E-state index contributed by atoms with van der Waals surface area (Å²) in [5.41, 5.74) is 0.720. The molecule has 2 rings (SSSR count). The van der Waals surface area contributed by atoms with Crippen molar-refractivity contribution in [2.24, 2.45) is 0 Å². The van der Waals surface area contributed by atoms with Gasteiger partial charge in [0.1, 0.15) is 11.5 Å². The van der Waals surface area contributed by atoms with Crippen LogP contribution in [0.4, 0.5) is 0 Å².